The number of thiocarbonyl (C=S) groups is 1. The zero-order valence-electron chi connectivity index (χ0n) is 8.10. The van der Waals surface area contributed by atoms with Gasteiger partial charge < -0.3 is 5.32 Å². The molecule has 1 nitrogen and oxygen atoms in total. The van der Waals surface area contributed by atoms with Gasteiger partial charge in [0.25, 0.3) is 0 Å². The number of benzene rings is 2. The largest absolute Gasteiger partial charge is 0.344 e. The van der Waals surface area contributed by atoms with Crippen LogP contribution in [-0.2, 0) is 0 Å². The van der Waals surface area contributed by atoms with Crippen LogP contribution in [0, 0.1) is 0 Å². The van der Waals surface area contributed by atoms with Crippen molar-refractivity contribution in [3.8, 4) is 11.1 Å². The van der Waals surface area contributed by atoms with Crippen LogP contribution in [-0.4, -0.2) is 5.49 Å². The summed E-state index contributed by atoms with van der Waals surface area (Å²) in [7, 11) is 0. The molecule has 0 aliphatic carbocycles. The third-order valence-electron chi connectivity index (χ3n) is 2.19. The van der Waals surface area contributed by atoms with E-state index in [1.54, 1.807) is 0 Å². The minimum atomic E-state index is 0.963. The zero-order valence-corrected chi connectivity index (χ0v) is 8.92. The summed E-state index contributed by atoms with van der Waals surface area (Å²) in [5.74, 6) is 0. The molecule has 73 valence electrons. The van der Waals surface area contributed by atoms with Crippen molar-refractivity contribution in [2.24, 2.45) is 0 Å². The summed E-state index contributed by atoms with van der Waals surface area (Å²) in [6, 6.07) is 18.4. The Kier molecular flexibility index (Phi) is 3.10. The van der Waals surface area contributed by atoms with Gasteiger partial charge in [-0.05, 0) is 23.3 Å². The minimum absolute atomic E-state index is 0.963. The van der Waals surface area contributed by atoms with Gasteiger partial charge in [-0.25, -0.2) is 0 Å². The molecule has 0 heterocycles. The van der Waals surface area contributed by atoms with Crippen LogP contribution in [0.3, 0.4) is 0 Å². The summed E-state index contributed by atoms with van der Waals surface area (Å²) >= 11 is 4.60. The normalized spacial score (nSPS) is 9.60. The summed E-state index contributed by atoms with van der Waals surface area (Å²) in [6.07, 6.45) is 0. The van der Waals surface area contributed by atoms with Crippen molar-refractivity contribution in [1.29, 1.82) is 0 Å². The molecule has 0 unspecified atom stereocenters. The molecule has 2 aromatic carbocycles. The smallest absolute Gasteiger partial charge is 0.138 e. The van der Waals surface area contributed by atoms with Crippen LogP contribution in [0.4, 0.5) is 5.69 Å². The van der Waals surface area contributed by atoms with Gasteiger partial charge in [-0.2, -0.15) is 0 Å². The van der Waals surface area contributed by atoms with Crippen molar-refractivity contribution >= 4 is 23.4 Å². The van der Waals surface area contributed by atoms with Gasteiger partial charge in [-0.1, -0.05) is 54.7 Å². The van der Waals surface area contributed by atoms with Gasteiger partial charge in [0.1, 0.15) is 5.49 Å². The summed E-state index contributed by atoms with van der Waals surface area (Å²) in [6.45, 7) is 0. The van der Waals surface area contributed by atoms with Crippen molar-refractivity contribution in [2.45, 2.75) is 0 Å². The van der Waals surface area contributed by atoms with E-state index in [-0.39, 0.29) is 0 Å². The molecule has 1 radical (unpaired) electrons. The van der Waals surface area contributed by atoms with Gasteiger partial charge in [0.2, 0.25) is 0 Å². The SMILES string of the molecule is S=[C]Nc1ccc(-c2ccccc2)cc1. The van der Waals surface area contributed by atoms with Gasteiger partial charge in [0, 0.05) is 5.69 Å². The first-order valence-electron chi connectivity index (χ1n) is 4.69. The lowest BCUT2D eigenvalue weighted by atomic mass is 10.1. The van der Waals surface area contributed by atoms with Crippen LogP contribution in [0.5, 0.6) is 0 Å². The van der Waals surface area contributed by atoms with E-state index in [4.69, 9.17) is 0 Å². The lowest BCUT2D eigenvalue weighted by Crippen LogP contribution is -1.90. The molecular weight excluding hydrogens is 202 g/mol. The molecule has 2 aromatic rings. The van der Waals surface area contributed by atoms with E-state index in [1.807, 2.05) is 30.3 Å². The van der Waals surface area contributed by atoms with Crippen LogP contribution in [0.1, 0.15) is 0 Å². The Labute approximate surface area is 94.8 Å². The Morgan fingerprint density at radius 1 is 0.800 bits per heavy atom. The second kappa shape index (κ2) is 4.71. The molecule has 0 aliphatic rings. The highest BCUT2D eigenvalue weighted by atomic mass is 32.1. The topological polar surface area (TPSA) is 12.0 Å². The molecule has 0 atom stereocenters. The third-order valence-corrected chi connectivity index (χ3v) is 2.29. The highest BCUT2D eigenvalue weighted by molar-refractivity contribution is 7.79. The van der Waals surface area contributed by atoms with Crippen molar-refractivity contribution in [2.75, 3.05) is 5.32 Å². The van der Waals surface area contributed by atoms with E-state index in [1.165, 1.54) is 11.1 Å². The van der Waals surface area contributed by atoms with E-state index < -0.39 is 0 Å². The molecule has 2 heteroatoms. The molecule has 0 bridgehead atoms. The molecule has 1 N–H and O–H groups in total. The average molecular weight is 212 g/mol. The van der Waals surface area contributed by atoms with Crippen molar-refractivity contribution in [3.63, 3.8) is 0 Å². The van der Waals surface area contributed by atoms with Crippen LogP contribution in [0.15, 0.2) is 54.6 Å². The van der Waals surface area contributed by atoms with Crippen molar-refractivity contribution in [3.05, 3.63) is 54.6 Å². The second-order valence-corrected chi connectivity index (χ2v) is 3.37. The first-order chi connectivity index (χ1) is 7.40. The summed E-state index contributed by atoms with van der Waals surface area (Å²) < 4.78 is 0. The maximum Gasteiger partial charge on any atom is 0.138 e. The average Bonchev–Trinajstić information content (AvgIpc) is 2.32. The van der Waals surface area contributed by atoms with Gasteiger partial charge in [-0.3, -0.25) is 0 Å². The number of nitrogens with one attached hydrogen (secondary N) is 1. The molecule has 0 spiro atoms. The van der Waals surface area contributed by atoms with Crippen molar-refractivity contribution < 1.29 is 0 Å². The molecule has 0 saturated carbocycles. The zero-order chi connectivity index (χ0) is 10.5. The molecule has 0 fully saturated rings. The summed E-state index contributed by atoms with van der Waals surface area (Å²) in [5.41, 5.74) is 5.86. The highest BCUT2D eigenvalue weighted by Crippen LogP contribution is 2.20. The number of rotatable bonds is 3. The number of hydrogen-bond donors (Lipinski definition) is 1. The van der Waals surface area contributed by atoms with E-state index in [0.717, 1.165) is 5.69 Å². The van der Waals surface area contributed by atoms with E-state index in [2.05, 4.69) is 47.3 Å². The lowest BCUT2D eigenvalue weighted by molar-refractivity contribution is 1.61. The van der Waals surface area contributed by atoms with Gasteiger partial charge >= 0.3 is 0 Å². The fourth-order valence-corrected chi connectivity index (χ4v) is 1.55. The van der Waals surface area contributed by atoms with Gasteiger partial charge in [0.15, 0.2) is 0 Å². The lowest BCUT2D eigenvalue weighted by Gasteiger charge is -2.03. The monoisotopic (exact) mass is 212 g/mol. The fraction of sp³-hybridized carbons (Fsp3) is 0. The summed E-state index contributed by atoms with van der Waals surface area (Å²) in [4.78, 5) is 0. The number of anilines is 1. The van der Waals surface area contributed by atoms with Gasteiger partial charge in [0.05, 0.1) is 0 Å². The quantitative estimate of drug-likeness (QED) is 0.616. The predicted octanol–water partition coefficient (Wildman–Crippen LogP) is 3.60. The molecular formula is C13H10NS. The van der Waals surface area contributed by atoms with E-state index >= 15 is 0 Å². The molecule has 0 aromatic heterocycles. The first-order valence-corrected chi connectivity index (χ1v) is 5.09. The Morgan fingerprint density at radius 3 is 2.00 bits per heavy atom. The maximum atomic E-state index is 4.60. The molecule has 0 amide bonds. The Bertz CT molecular complexity index is 434. The molecule has 0 saturated heterocycles. The van der Waals surface area contributed by atoms with Gasteiger partial charge in [-0.15, -0.1) is 0 Å². The highest BCUT2D eigenvalue weighted by Gasteiger charge is 1.95. The van der Waals surface area contributed by atoms with Crippen LogP contribution in [0.25, 0.3) is 11.1 Å². The fourth-order valence-electron chi connectivity index (χ4n) is 1.44. The number of hydrogen-bond acceptors (Lipinski definition) is 1. The Morgan fingerprint density at radius 2 is 1.40 bits per heavy atom. The Balaban J connectivity index is 2.28. The molecule has 0 aliphatic heterocycles. The summed E-state index contributed by atoms with van der Waals surface area (Å²) in [5, 5.41) is 2.85. The van der Waals surface area contributed by atoms with Crippen LogP contribution < -0.4 is 5.32 Å². The van der Waals surface area contributed by atoms with Crippen molar-refractivity contribution in [1.82, 2.24) is 0 Å². The minimum Gasteiger partial charge on any atom is -0.344 e. The van der Waals surface area contributed by atoms with Crippen LogP contribution in [0.2, 0.25) is 0 Å². The first kappa shape index (κ1) is 9.87. The standard InChI is InChI=1S/C13H10NS/c15-10-14-13-8-6-12(7-9-13)11-4-2-1-3-5-11/h1-9H,(H,14,15). The third kappa shape index (κ3) is 2.42. The maximum absolute atomic E-state index is 4.60. The predicted molar refractivity (Wildman–Crippen MR) is 68.1 cm³/mol. The van der Waals surface area contributed by atoms with E-state index in [9.17, 15) is 0 Å². The molecule has 15 heavy (non-hydrogen) atoms. The van der Waals surface area contributed by atoms with E-state index in [0.29, 0.717) is 0 Å². The van der Waals surface area contributed by atoms with Crippen LogP contribution >= 0.6 is 12.2 Å². The second-order valence-electron chi connectivity index (χ2n) is 3.17. The molecule has 2 rings (SSSR count). The Hall–Kier alpha value is -1.67.